The normalized spacial score (nSPS) is 13.2. The first-order valence-corrected chi connectivity index (χ1v) is 8.37. The van der Waals surface area contributed by atoms with E-state index in [1.165, 1.54) is 0 Å². The Morgan fingerprint density at radius 2 is 2.17 bits per heavy atom. The van der Waals surface area contributed by atoms with E-state index < -0.39 is 0 Å². The SMILES string of the molecule is CC(C)Oc1cc(Br)cc(NC(=O)c2n[nH]c3c2CNCC3)c1.Cl. The number of aromatic amines is 1. The smallest absolute Gasteiger partial charge is 0.276 e. The van der Waals surface area contributed by atoms with Gasteiger partial charge in [0.15, 0.2) is 5.69 Å². The first-order chi connectivity index (χ1) is 11.0. The van der Waals surface area contributed by atoms with E-state index in [0.717, 1.165) is 28.7 Å². The number of nitrogens with one attached hydrogen (secondary N) is 3. The van der Waals surface area contributed by atoms with Crippen LogP contribution in [0.1, 0.15) is 35.6 Å². The van der Waals surface area contributed by atoms with Crippen molar-refractivity contribution in [3.05, 3.63) is 39.6 Å². The molecule has 0 saturated carbocycles. The summed E-state index contributed by atoms with van der Waals surface area (Å²) >= 11 is 3.44. The molecule has 0 atom stereocenters. The fourth-order valence-electron chi connectivity index (χ4n) is 2.58. The zero-order valence-electron chi connectivity index (χ0n) is 13.5. The molecule has 3 N–H and O–H groups in total. The van der Waals surface area contributed by atoms with Crippen LogP contribution in [0.4, 0.5) is 5.69 Å². The number of anilines is 1. The number of halogens is 2. The lowest BCUT2D eigenvalue weighted by Crippen LogP contribution is -2.25. The first kappa shape index (κ1) is 18.8. The minimum absolute atomic E-state index is 0. The minimum atomic E-state index is -0.222. The second-order valence-corrected chi connectivity index (χ2v) is 6.67. The summed E-state index contributed by atoms with van der Waals surface area (Å²) in [6.07, 6.45) is 0.927. The van der Waals surface area contributed by atoms with Gasteiger partial charge in [0.1, 0.15) is 5.75 Å². The molecule has 6 nitrogen and oxygen atoms in total. The number of benzene rings is 1. The highest BCUT2D eigenvalue weighted by Crippen LogP contribution is 2.26. The van der Waals surface area contributed by atoms with Crippen molar-refractivity contribution in [1.82, 2.24) is 15.5 Å². The number of aromatic nitrogens is 2. The molecule has 1 aromatic heterocycles. The fraction of sp³-hybridized carbons (Fsp3) is 0.375. The number of amides is 1. The molecule has 0 bridgehead atoms. The quantitative estimate of drug-likeness (QED) is 0.716. The maximum atomic E-state index is 12.5. The van der Waals surface area contributed by atoms with Crippen LogP contribution in [-0.2, 0) is 13.0 Å². The van der Waals surface area contributed by atoms with Crippen molar-refractivity contribution in [2.45, 2.75) is 32.9 Å². The second kappa shape index (κ2) is 8.00. The highest BCUT2D eigenvalue weighted by atomic mass is 79.9. The van der Waals surface area contributed by atoms with Crippen molar-refractivity contribution in [1.29, 1.82) is 0 Å². The Balaban J connectivity index is 0.00000208. The molecule has 1 amide bonds. The molecule has 0 aliphatic carbocycles. The Morgan fingerprint density at radius 1 is 1.38 bits per heavy atom. The van der Waals surface area contributed by atoms with Gasteiger partial charge in [-0.15, -0.1) is 12.4 Å². The molecule has 24 heavy (non-hydrogen) atoms. The van der Waals surface area contributed by atoms with E-state index in [-0.39, 0.29) is 24.4 Å². The Bertz CT molecular complexity index is 733. The molecule has 0 saturated heterocycles. The van der Waals surface area contributed by atoms with E-state index in [9.17, 15) is 4.79 Å². The van der Waals surface area contributed by atoms with Gasteiger partial charge < -0.3 is 15.4 Å². The zero-order chi connectivity index (χ0) is 16.4. The third-order valence-corrected chi connectivity index (χ3v) is 3.98. The summed E-state index contributed by atoms with van der Waals surface area (Å²) in [6.45, 7) is 5.48. The van der Waals surface area contributed by atoms with Crippen molar-refractivity contribution in [2.75, 3.05) is 11.9 Å². The summed E-state index contributed by atoms with van der Waals surface area (Å²) in [5.74, 6) is 0.482. The maximum absolute atomic E-state index is 12.5. The standard InChI is InChI=1S/C16H19BrN4O2.ClH/c1-9(2)23-12-6-10(17)5-11(7-12)19-16(22)15-13-8-18-4-3-14(13)20-21-15;/h5-7,9,18H,3-4,8H2,1-2H3,(H,19,22)(H,20,21);1H. The summed E-state index contributed by atoms with van der Waals surface area (Å²) in [5.41, 5.74) is 3.09. The molecule has 2 heterocycles. The number of rotatable bonds is 4. The van der Waals surface area contributed by atoms with Gasteiger partial charge >= 0.3 is 0 Å². The lowest BCUT2D eigenvalue weighted by atomic mass is 10.1. The molecular weight excluding hydrogens is 396 g/mol. The van der Waals surface area contributed by atoms with Crippen molar-refractivity contribution in [3.63, 3.8) is 0 Å². The number of carbonyl (C=O) groups excluding carboxylic acids is 1. The maximum Gasteiger partial charge on any atom is 0.276 e. The molecule has 3 rings (SSSR count). The summed E-state index contributed by atoms with van der Waals surface area (Å²) in [6, 6.07) is 5.51. The van der Waals surface area contributed by atoms with E-state index >= 15 is 0 Å². The van der Waals surface area contributed by atoms with Crippen LogP contribution in [0.5, 0.6) is 5.75 Å². The van der Waals surface area contributed by atoms with E-state index in [2.05, 4.69) is 36.8 Å². The van der Waals surface area contributed by atoms with E-state index in [1.54, 1.807) is 6.07 Å². The van der Waals surface area contributed by atoms with Crippen LogP contribution in [0, 0.1) is 0 Å². The highest BCUT2D eigenvalue weighted by Gasteiger charge is 2.21. The molecule has 0 fully saturated rings. The fourth-order valence-corrected chi connectivity index (χ4v) is 3.05. The third-order valence-electron chi connectivity index (χ3n) is 3.52. The van der Waals surface area contributed by atoms with Crippen LogP contribution in [0.15, 0.2) is 22.7 Å². The van der Waals surface area contributed by atoms with Crippen LogP contribution in [0.25, 0.3) is 0 Å². The van der Waals surface area contributed by atoms with Gasteiger partial charge in [0.25, 0.3) is 5.91 Å². The Kier molecular flexibility index (Phi) is 6.26. The van der Waals surface area contributed by atoms with Crippen molar-refractivity contribution in [2.24, 2.45) is 0 Å². The number of hydrogen-bond donors (Lipinski definition) is 3. The lowest BCUT2D eigenvalue weighted by Gasteiger charge is -2.14. The topological polar surface area (TPSA) is 79.0 Å². The summed E-state index contributed by atoms with van der Waals surface area (Å²) in [7, 11) is 0. The molecule has 0 spiro atoms. The van der Waals surface area contributed by atoms with Gasteiger partial charge in [-0.25, -0.2) is 0 Å². The summed E-state index contributed by atoms with van der Waals surface area (Å²) < 4.78 is 6.53. The molecule has 1 aliphatic heterocycles. The molecule has 1 aliphatic rings. The highest BCUT2D eigenvalue weighted by molar-refractivity contribution is 9.10. The summed E-state index contributed by atoms with van der Waals surface area (Å²) in [5, 5.41) is 13.3. The zero-order valence-corrected chi connectivity index (χ0v) is 15.9. The summed E-state index contributed by atoms with van der Waals surface area (Å²) in [4.78, 5) is 12.5. The molecule has 2 aromatic rings. The van der Waals surface area contributed by atoms with E-state index in [4.69, 9.17) is 4.74 Å². The molecule has 130 valence electrons. The molecular formula is C16H20BrClN4O2. The first-order valence-electron chi connectivity index (χ1n) is 7.58. The second-order valence-electron chi connectivity index (χ2n) is 5.75. The molecule has 0 unspecified atom stereocenters. The Hall–Kier alpha value is -1.57. The number of ether oxygens (including phenoxy) is 1. The molecule has 1 aromatic carbocycles. The van der Waals surface area contributed by atoms with Crippen LogP contribution in [0.2, 0.25) is 0 Å². The van der Waals surface area contributed by atoms with Gasteiger partial charge in [-0.2, -0.15) is 5.10 Å². The number of hydrogen-bond acceptors (Lipinski definition) is 4. The Morgan fingerprint density at radius 3 is 2.92 bits per heavy atom. The predicted molar refractivity (Wildman–Crippen MR) is 99.1 cm³/mol. The molecule has 8 heteroatoms. The van der Waals surface area contributed by atoms with Gasteiger partial charge in [-0.3, -0.25) is 9.89 Å². The molecule has 0 radical (unpaired) electrons. The third kappa shape index (κ3) is 4.28. The predicted octanol–water partition coefficient (Wildman–Crippen LogP) is 3.28. The van der Waals surface area contributed by atoms with Gasteiger partial charge in [-0.05, 0) is 26.0 Å². The largest absolute Gasteiger partial charge is 0.491 e. The number of carbonyl (C=O) groups is 1. The van der Waals surface area contributed by atoms with E-state index in [0.29, 0.717) is 23.7 Å². The average molecular weight is 416 g/mol. The minimum Gasteiger partial charge on any atom is -0.491 e. The van der Waals surface area contributed by atoms with Gasteiger partial charge in [0.05, 0.1) is 6.10 Å². The van der Waals surface area contributed by atoms with Gasteiger partial charge in [0.2, 0.25) is 0 Å². The van der Waals surface area contributed by atoms with Gasteiger partial charge in [0, 0.05) is 47.0 Å². The number of fused-ring (bicyclic) bond motifs is 1. The van der Waals surface area contributed by atoms with E-state index in [1.807, 2.05) is 26.0 Å². The van der Waals surface area contributed by atoms with Crippen LogP contribution >= 0.6 is 28.3 Å². The monoisotopic (exact) mass is 414 g/mol. The van der Waals surface area contributed by atoms with Crippen molar-refractivity contribution < 1.29 is 9.53 Å². The van der Waals surface area contributed by atoms with Crippen LogP contribution in [-0.4, -0.2) is 28.8 Å². The van der Waals surface area contributed by atoms with Crippen LogP contribution < -0.4 is 15.4 Å². The van der Waals surface area contributed by atoms with Crippen molar-refractivity contribution in [3.8, 4) is 5.75 Å². The van der Waals surface area contributed by atoms with Gasteiger partial charge in [-0.1, -0.05) is 15.9 Å². The van der Waals surface area contributed by atoms with Crippen molar-refractivity contribution >= 4 is 39.9 Å². The van der Waals surface area contributed by atoms with Crippen LogP contribution in [0.3, 0.4) is 0 Å². The number of H-pyrrole nitrogens is 1. The Labute approximate surface area is 155 Å². The average Bonchev–Trinajstić information content (AvgIpc) is 2.89. The number of nitrogens with zero attached hydrogens (tertiary/aromatic N) is 1. The lowest BCUT2D eigenvalue weighted by molar-refractivity contribution is 0.102.